The molecule has 87 valence electrons. The Morgan fingerprint density at radius 3 is 2.94 bits per heavy atom. The molecule has 0 spiro atoms. The first-order valence-electron chi connectivity index (χ1n) is 4.97. The predicted octanol–water partition coefficient (Wildman–Crippen LogP) is 1.56. The second-order valence-corrected chi connectivity index (χ2v) is 4.52. The maximum atomic E-state index is 12.7. The molecule has 1 amide bonds. The van der Waals surface area contributed by atoms with Gasteiger partial charge >= 0.3 is 101 Å². The Labute approximate surface area is 102 Å². The van der Waals surface area contributed by atoms with E-state index >= 15 is 0 Å². The van der Waals surface area contributed by atoms with Gasteiger partial charge in [-0.3, -0.25) is 0 Å². The van der Waals surface area contributed by atoms with E-state index in [0.29, 0.717) is 5.69 Å². The number of amides is 1. The summed E-state index contributed by atoms with van der Waals surface area (Å²) in [6.45, 7) is 1.11. The summed E-state index contributed by atoms with van der Waals surface area (Å²) in [7, 11) is 0. The molecule has 5 heteroatoms. The van der Waals surface area contributed by atoms with Crippen LogP contribution in [0.2, 0.25) is 0 Å². The van der Waals surface area contributed by atoms with Crippen LogP contribution in [0.4, 0.5) is 15.8 Å². The minimum atomic E-state index is -0.567. The molecule has 2 atom stereocenters. The summed E-state index contributed by atoms with van der Waals surface area (Å²) in [4.78, 5) is 12.9. The first-order chi connectivity index (χ1) is 7.56. The molecule has 1 aromatic rings. The van der Waals surface area contributed by atoms with Crippen LogP contribution in [0.5, 0.6) is 0 Å². The molecule has 2 N–H and O–H groups in total. The van der Waals surface area contributed by atoms with Gasteiger partial charge in [-0.25, -0.2) is 0 Å². The Hall–Kier alpha value is -1.06. The first kappa shape index (κ1) is 11.4. The van der Waals surface area contributed by atoms with Crippen molar-refractivity contribution >= 4 is 17.3 Å². The fourth-order valence-corrected chi connectivity index (χ4v) is 2.29. The van der Waals surface area contributed by atoms with Gasteiger partial charge in [0.2, 0.25) is 0 Å². The van der Waals surface area contributed by atoms with Gasteiger partial charge in [-0.15, -0.1) is 0 Å². The molecule has 3 nitrogen and oxygen atoms in total. The topological polar surface area (TPSA) is 46.3 Å². The van der Waals surface area contributed by atoms with E-state index in [1.165, 1.54) is 4.90 Å². The summed E-state index contributed by atoms with van der Waals surface area (Å²) in [5.41, 5.74) is 7.76. The van der Waals surface area contributed by atoms with Crippen molar-refractivity contribution in [3.8, 4) is 0 Å². The number of hydrogen-bond donors (Lipinski definition) is 1. The van der Waals surface area contributed by atoms with Gasteiger partial charge in [0.25, 0.3) is 0 Å². The molecule has 0 aliphatic carbocycles. The van der Waals surface area contributed by atoms with Crippen molar-refractivity contribution in [2.75, 3.05) is 17.3 Å². The summed E-state index contributed by atoms with van der Waals surface area (Å²) < 4.78 is 12.7. The fraction of sp³-hybridized carbons (Fsp3) is 0.364. The monoisotopic (exact) mass is 263 g/mol. The number of hydrogen-bond acceptors (Lipinski definition) is 2. The Kier molecular flexibility index (Phi) is 2.91. The zero-order chi connectivity index (χ0) is 11.9. The van der Waals surface area contributed by atoms with Crippen LogP contribution in [0.15, 0.2) is 18.2 Å². The van der Waals surface area contributed by atoms with E-state index in [0.717, 1.165) is 11.3 Å². The van der Waals surface area contributed by atoms with Crippen molar-refractivity contribution in [2.45, 2.75) is 17.8 Å². The fourth-order valence-electron chi connectivity index (χ4n) is 1.88. The molecule has 2 rings (SSSR count). The molecule has 0 bridgehead atoms. The van der Waals surface area contributed by atoms with Crippen LogP contribution in [0, 0.1) is 0 Å². The van der Waals surface area contributed by atoms with Crippen LogP contribution in [0.3, 0.4) is 0 Å². The summed E-state index contributed by atoms with van der Waals surface area (Å²) in [6.07, 6.45) is 0. The van der Waals surface area contributed by atoms with Crippen molar-refractivity contribution < 1.29 is 25.2 Å². The Morgan fingerprint density at radius 1 is 1.62 bits per heavy atom. The molecule has 0 aromatic heterocycles. The van der Waals surface area contributed by atoms with E-state index in [2.05, 4.69) is 16.0 Å². The summed E-state index contributed by atoms with van der Waals surface area (Å²) in [5.74, 6) is -0.161. The van der Waals surface area contributed by atoms with Crippen molar-refractivity contribution in [1.29, 1.82) is 0 Å². The van der Waals surface area contributed by atoms with Crippen molar-refractivity contribution in [2.24, 2.45) is 0 Å². The number of nitrogens with two attached hydrogens (primary N) is 1. The standard InChI is InChI=1S/C11H12FN2O.Fe/c1-7(6-12)14-10-3-2-9(13)4-8(10)5-11(14)15;/h2-5,7H,6,13H2,1H3;. The number of nitrogen functional groups attached to an aromatic ring is 1. The van der Waals surface area contributed by atoms with Gasteiger partial charge in [-0.1, -0.05) is 0 Å². The second kappa shape index (κ2) is 4.07. The third-order valence-corrected chi connectivity index (χ3v) is 3.30. The number of benzene rings is 1. The zero-order valence-corrected chi connectivity index (χ0v) is 9.86. The molecule has 2 unspecified atom stereocenters. The van der Waals surface area contributed by atoms with Crippen molar-refractivity contribution in [3.63, 3.8) is 0 Å². The molecule has 0 saturated carbocycles. The minimum absolute atomic E-state index is 0.161. The van der Waals surface area contributed by atoms with Crippen LogP contribution in [-0.2, 0) is 20.8 Å². The molecule has 0 saturated heterocycles. The van der Waals surface area contributed by atoms with E-state index in [4.69, 9.17) is 5.73 Å². The zero-order valence-electron chi connectivity index (χ0n) is 8.76. The number of carbonyl (C=O) groups is 1. The van der Waals surface area contributed by atoms with E-state index < -0.39 is 17.5 Å². The van der Waals surface area contributed by atoms with Crippen molar-refractivity contribution in [1.82, 2.24) is 0 Å². The molecule has 1 aromatic carbocycles. The first-order valence-corrected chi connectivity index (χ1v) is 5.61. The van der Waals surface area contributed by atoms with Crippen LogP contribution >= 0.6 is 0 Å². The number of carbonyl (C=O) groups excluding carboxylic acids is 1. The Bertz CT molecular complexity index is 438. The Balaban J connectivity index is 2.50. The van der Waals surface area contributed by atoms with E-state index in [1.54, 1.807) is 25.1 Å². The molecule has 0 fully saturated rings. The normalized spacial score (nSPS) is 21.1. The summed E-state index contributed by atoms with van der Waals surface area (Å²) in [5, 5.41) is 0. The van der Waals surface area contributed by atoms with Crippen LogP contribution in [-0.4, -0.2) is 18.6 Å². The average Bonchev–Trinajstić information content (AvgIpc) is 2.52. The molecule has 1 aliphatic rings. The van der Waals surface area contributed by atoms with E-state index in [-0.39, 0.29) is 5.91 Å². The van der Waals surface area contributed by atoms with Crippen LogP contribution < -0.4 is 10.6 Å². The third-order valence-electron chi connectivity index (χ3n) is 2.69. The molecular weight excluding hydrogens is 251 g/mol. The number of nitrogens with zero attached hydrogens (tertiary/aromatic N) is 1. The van der Waals surface area contributed by atoms with Gasteiger partial charge in [0.05, 0.1) is 0 Å². The van der Waals surface area contributed by atoms with Gasteiger partial charge in [0.1, 0.15) is 0 Å². The van der Waals surface area contributed by atoms with Gasteiger partial charge in [0, 0.05) is 0 Å². The number of fused-ring (bicyclic) bond motifs is 1. The van der Waals surface area contributed by atoms with Gasteiger partial charge < -0.3 is 0 Å². The maximum absolute atomic E-state index is 12.7. The number of alkyl halides is 1. The van der Waals surface area contributed by atoms with Crippen molar-refractivity contribution in [3.05, 3.63) is 23.8 Å². The number of anilines is 2. The molecule has 16 heavy (non-hydrogen) atoms. The van der Waals surface area contributed by atoms with Crippen LogP contribution in [0.1, 0.15) is 17.3 Å². The summed E-state index contributed by atoms with van der Waals surface area (Å²) >= 11 is 3.80. The average molecular weight is 263 g/mol. The van der Waals surface area contributed by atoms with E-state index in [1.807, 2.05) is 0 Å². The quantitative estimate of drug-likeness (QED) is 0.650. The molecule has 0 radical (unpaired) electrons. The number of rotatable bonds is 2. The molecular formula is C11H12FFeN2O. The SMILES string of the molecule is CC(CF)N1C(=O)[CH]([Fe])c2cc(N)ccc21. The van der Waals surface area contributed by atoms with E-state index in [9.17, 15) is 9.18 Å². The van der Waals surface area contributed by atoms with Crippen LogP contribution in [0.25, 0.3) is 0 Å². The third kappa shape index (κ3) is 1.60. The second-order valence-electron chi connectivity index (χ2n) is 3.88. The Morgan fingerprint density at radius 2 is 2.31 bits per heavy atom. The molecule has 1 heterocycles. The summed E-state index contributed by atoms with van der Waals surface area (Å²) in [6, 6.07) is 4.74. The molecule has 1 aliphatic heterocycles. The van der Waals surface area contributed by atoms with Gasteiger partial charge in [-0.05, 0) is 0 Å². The predicted molar refractivity (Wildman–Crippen MR) is 56.5 cm³/mol. The van der Waals surface area contributed by atoms with Gasteiger partial charge in [-0.2, -0.15) is 0 Å². The number of halogens is 1. The van der Waals surface area contributed by atoms with Gasteiger partial charge in [0.15, 0.2) is 0 Å².